The fourth-order valence-electron chi connectivity index (χ4n) is 9.01. The number of pyridine rings is 1. The first-order valence-corrected chi connectivity index (χ1v) is 21.5. The van der Waals surface area contributed by atoms with Gasteiger partial charge in [0.2, 0.25) is 15.9 Å². The SMILES string of the molecule is Cn1nc(NS(C)(=O)=O)c2cccc(-c3cc4sc(N5CC6(CCN6)C5)nc4nc3[C@H](Cc3cc(F)cc(F)c3)NC(=O)Cn3nc(C(F)(F)F)c4c3C(F)(F)[C@@H]3C[C@H]43)c21. The van der Waals surface area contributed by atoms with Crippen LogP contribution in [0.5, 0.6) is 0 Å². The van der Waals surface area contributed by atoms with Crippen LogP contribution < -0.4 is 20.3 Å². The predicted molar refractivity (Wildman–Crippen MR) is 206 cm³/mol. The second-order valence-corrected chi connectivity index (χ2v) is 18.8. The van der Waals surface area contributed by atoms with Crippen molar-refractivity contribution in [3.05, 3.63) is 82.3 Å². The molecular weight excluding hydrogens is 842 g/mol. The number of aryl methyl sites for hydroxylation is 1. The predicted octanol–water partition coefficient (Wildman–Crippen LogP) is 5.97. The first kappa shape index (κ1) is 38.8. The lowest BCUT2D eigenvalue weighted by Gasteiger charge is -2.56. The maximum atomic E-state index is 15.5. The van der Waals surface area contributed by atoms with Crippen molar-refractivity contribution in [1.82, 2.24) is 40.2 Å². The summed E-state index contributed by atoms with van der Waals surface area (Å²) < 4.78 is 132. The Balaban J connectivity index is 1.11. The van der Waals surface area contributed by atoms with Crippen LogP contribution in [0.4, 0.5) is 41.7 Å². The van der Waals surface area contributed by atoms with Gasteiger partial charge in [-0.2, -0.15) is 37.1 Å². The maximum Gasteiger partial charge on any atom is 0.435 e. The van der Waals surface area contributed by atoms with E-state index in [1.54, 1.807) is 31.3 Å². The molecule has 2 aliphatic carbocycles. The number of benzene rings is 2. The summed E-state index contributed by atoms with van der Waals surface area (Å²) in [5, 5.41) is 15.1. The van der Waals surface area contributed by atoms with Gasteiger partial charge in [0.25, 0.3) is 5.92 Å². The quantitative estimate of drug-likeness (QED) is 0.142. The molecule has 0 unspecified atom stereocenters. The van der Waals surface area contributed by atoms with Crippen LogP contribution >= 0.6 is 11.3 Å². The fourth-order valence-corrected chi connectivity index (χ4v) is 10.5. The van der Waals surface area contributed by atoms with Crippen molar-refractivity contribution in [3.63, 3.8) is 0 Å². The zero-order valence-electron chi connectivity index (χ0n) is 31.5. The summed E-state index contributed by atoms with van der Waals surface area (Å²) in [7, 11) is -2.18. The van der Waals surface area contributed by atoms with Crippen LogP contribution in [0.1, 0.15) is 53.0 Å². The van der Waals surface area contributed by atoms with E-state index in [4.69, 9.17) is 9.97 Å². The number of nitrogens with zero attached hydrogens (tertiary/aromatic N) is 7. The molecule has 22 heteroatoms. The minimum Gasteiger partial charge on any atom is -0.346 e. The normalized spacial score (nSPS) is 20.5. The number of anilines is 2. The number of alkyl halides is 5. The highest BCUT2D eigenvalue weighted by Crippen LogP contribution is 2.68. The van der Waals surface area contributed by atoms with Gasteiger partial charge in [0.15, 0.2) is 22.3 Å². The van der Waals surface area contributed by atoms with Crippen LogP contribution in [0.3, 0.4) is 0 Å². The van der Waals surface area contributed by atoms with E-state index in [0.717, 1.165) is 31.4 Å². The van der Waals surface area contributed by atoms with Crippen molar-refractivity contribution in [2.24, 2.45) is 13.0 Å². The molecule has 0 bridgehead atoms. The second kappa shape index (κ2) is 13.1. The van der Waals surface area contributed by atoms with E-state index < -0.39 is 81.0 Å². The first-order chi connectivity index (χ1) is 28.3. The molecule has 3 N–H and O–H groups in total. The third-order valence-corrected chi connectivity index (χ3v) is 13.3. The Hall–Kier alpha value is -5.35. The number of para-hydroxylation sites is 1. The van der Waals surface area contributed by atoms with Gasteiger partial charge in [0, 0.05) is 54.2 Å². The molecule has 0 radical (unpaired) electrons. The van der Waals surface area contributed by atoms with Gasteiger partial charge in [-0.1, -0.05) is 23.5 Å². The van der Waals surface area contributed by atoms with Crippen LogP contribution in [0.25, 0.3) is 32.4 Å². The summed E-state index contributed by atoms with van der Waals surface area (Å²) in [5.74, 6) is -8.86. The molecule has 4 aliphatic rings. The van der Waals surface area contributed by atoms with E-state index in [1.807, 2.05) is 0 Å². The number of hydrogen-bond acceptors (Lipinski definition) is 10. The molecule has 4 aromatic heterocycles. The first-order valence-electron chi connectivity index (χ1n) is 18.8. The zero-order chi connectivity index (χ0) is 42.3. The Morgan fingerprint density at radius 1 is 1.07 bits per heavy atom. The van der Waals surface area contributed by atoms with Gasteiger partial charge >= 0.3 is 6.18 Å². The van der Waals surface area contributed by atoms with E-state index in [1.165, 1.54) is 16.0 Å². The van der Waals surface area contributed by atoms with E-state index in [2.05, 4.69) is 30.5 Å². The van der Waals surface area contributed by atoms with Gasteiger partial charge in [-0.25, -0.2) is 22.2 Å². The van der Waals surface area contributed by atoms with Gasteiger partial charge in [0.05, 0.1) is 33.7 Å². The van der Waals surface area contributed by atoms with Crippen molar-refractivity contribution < 1.29 is 43.9 Å². The number of carbonyl (C=O) groups excluding carboxylic acids is 1. The average Bonchev–Trinajstić information content (AvgIpc) is 3.38. The number of nitrogens with one attached hydrogen (secondary N) is 3. The molecule has 3 fully saturated rings. The summed E-state index contributed by atoms with van der Waals surface area (Å²) in [6.45, 7) is 1.31. The second-order valence-electron chi connectivity index (χ2n) is 16.0. The molecule has 13 nitrogen and oxygen atoms in total. The number of fused-ring (bicyclic) bond motifs is 5. The Labute approximate surface area is 340 Å². The molecule has 6 aromatic rings. The van der Waals surface area contributed by atoms with Crippen LogP contribution in [0.15, 0.2) is 42.5 Å². The summed E-state index contributed by atoms with van der Waals surface area (Å²) >= 11 is 1.36. The van der Waals surface area contributed by atoms with Crippen molar-refractivity contribution in [2.75, 3.05) is 35.5 Å². The molecule has 2 aromatic carbocycles. The monoisotopic (exact) mass is 874 g/mol. The highest BCUT2D eigenvalue weighted by molar-refractivity contribution is 7.92. The molecule has 1 spiro atoms. The molecule has 1 amide bonds. The molecular formula is C38H33F7N10O3S2. The highest BCUT2D eigenvalue weighted by Gasteiger charge is 2.68. The number of aromatic nitrogens is 6. The number of hydrogen-bond donors (Lipinski definition) is 3. The Morgan fingerprint density at radius 3 is 2.47 bits per heavy atom. The largest absolute Gasteiger partial charge is 0.435 e. The average molecular weight is 875 g/mol. The fraction of sp³-hybridized carbons (Fsp3) is 0.395. The summed E-state index contributed by atoms with van der Waals surface area (Å²) in [4.78, 5) is 25.9. The number of thiazole rings is 1. The van der Waals surface area contributed by atoms with E-state index in [-0.39, 0.29) is 41.1 Å². The molecule has 2 saturated heterocycles. The lowest BCUT2D eigenvalue weighted by Crippen LogP contribution is -2.75. The lowest BCUT2D eigenvalue weighted by molar-refractivity contribution is -0.142. The Morgan fingerprint density at radius 2 is 1.80 bits per heavy atom. The number of sulfonamides is 1. The van der Waals surface area contributed by atoms with Crippen LogP contribution in [0, 0.1) is 17.6 Å². The Bertz CT molecular complexity index is 2880. The van der Waals surface area contributed by atoms with E-state index >= 15 is 8.78 Å². The van der Waals surface area contributed by atoms with E-state index in [0.29, 0.717) is 55.7 Å². The standard InChI is InChI=1S/C38H33F7N10O3S2/c1-53-30-20(4-3-5-21(30)33(51-53)52-60(2,57)58)22-13-26-34(49-35(59-26)54-15-36(16-54)6-7-46-36)48-29(22)25(10-17-8-18(39)11-19(40)9-17)47-27(56)14-55-32-28(31(50-55)38(43,44)45)23-12-24(23)37(32,41)42/h3-5,8-9,11,13,23-25,46H,6-7,10,12,14-16H2,1-2H3,(H,47,56)(H,51,52)/t23-,24+,25-/m0/s1. The van der Waals surface area contributed by atoms with Crippen molar-refractivity contribution in [3.8, 4) is 11.1 Å². The number of carbonyl (C=O) groups is 1. The molecule has 10 rings (SSSR count). The van der Waals surface area contributed by atoms with Crippen LogP contribution in [-0.2, 0) is 46.9 Å². The molecule has 314 valence electrons. The lowest BCUT2D eigenvalue weighted by atomic mass is 9.81. The highest BCUT2D eigenvalue weighted by atomic mass is 32.2. The smallest absolute Gasteiger partial charge is 0.346 e. The van der Waals surface area contributed by atoms with Crippen molar-refractivity contribution in [1.29, 1.82) is 0 Å². The zero-order valence-corrected chi connectivity index (χ0v) is 33.2. The van der Waals surface area contributed by atoms with Crippen LogP contribution in [-0.4, -0.2) is 75.3 Å². The van der Waals surface area contributed by atoms with Crippen LogP contribution in [0.2, 0.25) is 0 Å². The molecule has 60 heavy (non-hydrogen) atoms. The number of rotatable bonds is 10. The van der Waals surface area contributed by atoms with Gasteiger partial charge in [-0.05, 0) is 61.6 Å². The van der Waals surface area contributed by atoms with Crippen molar-refractivity contribution >= 4 is 59.5 Å². The third-order valence-electron chi connectivity index (χ3n) is 11.7. The third kappa shape index (κ3) is 6.44. The van der Waals surface area contributed by atoms with Gasteiger partial charge in [-0.15, -0.1) is 0 Å². The number of halogens is 7. The summed E-state index contributed by atoms with van der Waals surface area (Å²) in [6.07, 6.45) is -3.52. The molecule has 2 aliphatic heterocycles. The minimum absolute atomic E-state index is 0.0179. The van der Waals surface area contributed by atoms with Gasteiger partial charge in [-0.3, -0.25) is 18.9 Å². The maximum absolute atomic E-state index is 15.5. The summed E-state index contributed by atoms with van der Waals surface area (Å²) in [6, 6.07) is 8.24. The van der Waals surface area contributed by atoms with Crippen molar-refractivity contribution in [2.45, 2.75) is 55.4 Å². The van der Waals surface area contributed by atoms with Gasteiger partial charge < -0.3 is 15.5 Å². The van der Waals surface area contributed by atoms with Gasteiger partial charge in [0.1, 0.15) is 23.9 Å². The molecule has 1 saturated carbocycles. The molecule has 6 heterocycles. The summed E-state index contributed by atoms with van der Waals surface area (Å²) in [5.41, 5.74) is -1.33. The molecule has 3 atom stereocenters. The number of amides is 1. The minimum atomic E-state index is -5.06. The Kier molecular flexibility index (Phi) is 8.46. The van der Waals surface area contributed by atoms with E-state index in [9.17, 15) is 35.2 Å². The topological polar surface area (TPSA) is 152 Å².